The fourth-order valence-corrected chi connectivity index (χ4v) is 3.47. The highest BCUT2D eigenvalue weighted by Gasteiger charge is 2.21. The van der Waals surface area contributed by atoms with Gasteiger partial charge in [0.05, 0.1) is 13.0 Å². The molecule has 0 amide bonds. The maximum Gasteiger partial charge on any atom is 0.344 e. The molecule has 0 saturated carbocycles. The standard InChI is InChI=1S/C22H18NO3/c1-15-23(11-12-24-16-7-3-2-4-8-16)19-14-21-18(13-22(19)25-15)17-9-5-6-10-20(17)26-21/h2-10,13-14H,11-12H2,1H3/q+1. The monoisotopic (exact) mass is 344 g/mol. The minimum absolute atomic E-state index is 0.572. The lowest BCUT2D eigenvalue weighted by molar-refractivity contribution is -0.683. The maximum atomic E-state index is 6.01. The lowest BCUT2D eigenvalue weighted by Gasteiger charge is -2.02. The molecule has 0 spiro atoms. The third kappa shape index (κ3) is 2.42. The van der Waals surface area contributed by atoms with Crippen molar-refractivity contribution in [2.24, 2.45) is 0 Å². The van der Waals surface area contributed by atoms with E-state index in [2.05, 4.69) is 22.8 Å². The molecule has 2 aromatic heterocycles. The average Bonchev–Trinajstić information content (AvgIpc) is 3.17. The number of aromatic nitrogens is 1. The molecule has 4 heteroatoms. The molecule has 26 heavy (non-hydrogen) atoms. The van der Waals surface area contributed by atoms with E-state index in [0.29, 0.717) is 13.2 Å². The van der Waals surface area contributed by atoms with Gasteiger partial charge in [-0.05, 0) is 24.3 Å². The minimum Gasteiger partial charge on any atom is -0.487 e. The SMILES string of the molecule is Cc1oc2cc3c(cc2[n+]1CCOc1ccccc1)oc1ccccc13. The molecule has 128 valence electrons. The van der Waals surface area contributed by atoms with E-state index in [9.17, 15) is 0 Å². The first-order valence-corrected chi connectivity index (χ1v) is 8.72. The number of para-hydroxylation sites is 2. The Labute approximate surface area is 150 Å². The van der Waals surface area contributed by atoms with Gasteiger partial charge in [0.2, 0.25) is 5.58 Å². The van der Waals surface area contributed by atoms with Crippen molar-refractivity contribution in [2.45, 2.75) is 13.5 Å². The summed E-state index contributed by atoms with van der Waals surface area (Å²) in [5.41, 5.74) is 3.65. The van der Waals surface area contributed by atoms with Gasteiger partial charge in [0.25, 0.3) is 5.52 Å². The second kappa shape index (κ2) is 5.92. The maximum absolute atomic E-state index is 6.01. The van der Waals surface area contributed by atoms with E-state index < -0.39 is 0 Å². The van der Waals surface area contributed by atoms with E-state index in [1.54, 1.807) is 0 Å². The number of hydrogen-bond donors (Lipinski definition) is 0. The molecule has 0 unspecified atom stereocenters. The van der Waals surface area contributed by atoms with Crippen LogP contribution in [0.5, 0.6) is 5.75 Å². The summed E-state index contributed by atoms with van der Waals surface area (Å²) in [5.74, 6) is 1.73. The Balaban J connectivity index is 1.52. The van der Waals surface area contributed by atoms with Gasteiger partial charge in [-0.15, -0.1) is 0 Å². The van der Waals surface area contributed by atoms with Crippen LogP contribution in [0.1, 0.15) is 5.89 Å². The van der Waals surface area contributed by atoms with E-state index in [0.717, 1.165) is 44.7 Å². The van der Waals surface area contributed by atoms with Crippen molar-refractivity contribution in [1.29, 1.82) is 0 Å². The Morgan fingerprint density at radius 3 is 2.50 bits per heavy atom. The van der Waals surface area contributed by atoms with Crippen LogP contribution in [-0.4, -0.2) is 6.61 Å². The zero-order chi connectivity index (χ0) is 17.5. The first-order chi connectivity index (χ1) is 12.8. The molecule has 0 aliphatic carbocycles. The largest absolute Gasteiger partial charge is 0.487 e. The lowest BCUT2D eigenvalue weighted by atomic mass is 10.1. The highest BCUT2D eigenvalue weighted by atomic mass is 16.5. The minimum atomic E-state index is 0.572. The highest BCUT2D eigenvalue weighted by Crippen LogP contribution is 2.31. The molecule has 4 nitrogen and oxygen atoms in total. The van der Waals surface area contributed by atoms with E-state index in [1.165, 1.54) is 0 Å². The van der Waals surface area contributed by atoms with Gasteiger partial charge in [-0.2, -0.15) is 4.57 Å². The summed E-state index contributed by atoms with van der Waals surface area (Å²) < 4.78 is 20.0. The third-order valence-electron chi connectivity index (χ3n) is 4.71. The Bertz CT molecular complexity index is 1220. The smallest absolute Gasteiger partial charge is 0.344 e. The van der Waals surface area contributed by atoms with Crippen LogP contribution in [0, 0.1) is 6.92 Å². The van der Waals surface area contributed by atoms with Crippen LogP contribution < -0.4 is 9.30 Å². The van der Waals surface area contributed by atoms with E-state index in [1.807, 2.05) is 55.5 Å². The van der Waals surface area contributed by atoms with Crippen molar-refractivity contribution >= 4 is 33.0 Å². The normalized spacial score (nSPS) is 11.6. The topological polar surface area (TPSA) is 39.4 Å². The van der Waals surface area contributed by atoms with Gasteiger partial charge in [-0.1, -0.05) is 36.4 Å². The summed E-state index contributed by atoms with van der Waals surface area (Å²) in [6.07, 6.45) is 0. The summed E-state index contributed by atoms with van der Waals surface area (Å²) in [6, 6.07) is 22.0. The zero-order valence-electron chi connectivity index (χ0n) is 14.4. The average molecular weight is 344 g/mol. The van der Waals surface area contributed by atoms with Crippen molar-refractivity contribution in [2.75, 3.05) is 6.61 Å². The van der Waals surface area contributed by atoms with Crippen LogP contribution in [0.2, 0.25) is 0 Å². The second-order valence-electron chi connectivity index (χ2n) is 6.35. The summed E-state index contributed by atoms with van der Waals surface area (Å²) >= 11 is 0. The molecule has 5 rings (SSSR count). The van der Waals surface area contributed by atoms with Gasteiger partial charge in [0.15, 0.2) is 6.54 Å². The number of nitrogens with zero attached hydrogens (tertiary/aromatic N) is 1. The van der Waals surface area contributed by atoms with Crippen molar-refractivity contribution in [1.82, 2.24) is 0 Å². The summed E-state index contributed by atoms with van der Waals surface area (Å²) in [7, 11) is 0. The number of furan rings is 1. The molecule has 0 bridgehead atoms. The van der Waals surface area contributed by atoms with Crippen LogP contribution in [0.15, 0.2) is 75.6 Å². The van der Waals surface area contributed by atoms with E-state index >= 15 is 0 Å². The number of hydrogen-bond acceptors (Lipinski definition) is 3. The highest BCUT2D eigenvalue weighted by molar-refractivity contribution is 6.08. The van der Waals surface area contributed by atoms with Gasteiger partial charge in [-0.25, -0.2) is 0 Å². The van der Waals surface area contributed by atoms with E-state index in [-0.39, 0.29) is 0 Å². The number of oxazole rings is 1. The third-order valence-corrected chi connectivity index (χ3v) is 4.71. The van der Waals surface area contributed by atoms with Gasteiger partial charge in [-0.3, -0.25) is 0 Å². The number of benzene rings is 3. The number of ether oxygens (including phenoxy) is 1. The van der Waals surface area contributed by atoms with Crippen molar-refractivity contribution in [3.05, 3.63) is 72.6 Å². The predicted molar refractivity (Wildman–Crippen MR) is 100 cm³/mol. The zero-order valence-corrected chi connectivity index (χ0v) is 14.4. The van der Waals surface area contributed by atoms with E-state index in [4.69, 9.17) is 13.6 Å². The predicted octanol–water partition coefficient (Wildman–Crippen LogP) is 5.01. The van der Waals surface area contributed by atoms with Gasteiger partial charge in [0.1, 0.15) is 23.5 Å². The molecule has 2 heterocycles. The molecule has 3 aromatic carbocycles. The molecule has 0 aliphatic heterocycles. The summed E-state index contributed by atoms with van der Waals surface area (Å²) in [4.78, 5) is 0. The first-order valence-electron chi connectivity index (χ1n) is 8.72. The molecular formula is C22H18NO3+. The fourth-order valence-electron chi connectivity index (χ4n) is 3.47. The molecule has 0 aliphatic rings. The van der Waals surface area contributed by atoms with Gasteiger partial charge < -0.3 is 13.6 Å². The molecule has 0 fully saturated rings. The molecule has 5 aromatic rings. The second-order valence-corrected chi connectivity index (χ2v) is 6.35. The molecule has 0 atom stereocenters. The first kappa shape index (κ1) is 15.0. The van der Waals surface area contributed by atoms with Crippen molar-refractivity contribution in [3.8, 4) is 5.75 Å². The Kier molecular flexibility index (Phi) is 3.42. The fraction of sp³-hybridized carbons (Fsp3) is 0.136. The Hall–Kier alpha value is -3.27. The number of aryl methyl sites for hydroxylation is 1. The summed E-state index contributed by atoms with van der Waals surface area (Å²) in [6.45, 7) is 3.25. The van der Waals surface area contributed by atoms with Crippen LogP contribution in [0.3, 0.4) is 0 Å². The molecular weight excluding hydrogens is 326 g/mol. The van der Waals surface area contributed by atoms with Crippen LogP contribution >= 0.6 is 0 Å². The van der Waals surface area contributed by atoms with Crippen molar-refractivity contribution < 1.29 is 18.1 Å². The summed E-state index contributed by atoms with van der Waals surface area (Å²) in [5, 5.41) is 2.19. The molecule has 0 N–H and O–H groups in total. The molecule has 0 saturated heterocycles. The van der Waals surface area contributed by atoms with Crippen LogP contribution in [0.4, 0.5) is 0 Å². The van der Waals surface area contributed by atoms with Gasteiger partial charge >= 0.3 is 5.89 Å². The number of fused-ring (bicyclic) bond motifs is 4. The van der Waals surface area contributed by atoms with Crippen molar-refractivity contribution in [3.63, 3.8) is 0 Å². The Morgan fingerprint density at radius 1 is 0.808 bits per heavy atom. The Morgan fingerprint density at radius 2 is 1.62 bits per heavy atom. The van der Waals surface area contributed by atoms with Crippen LogP contribution in [0.25, 0.3) is 33.0 Å². The molecule has 0 radical (unpaired) electrons. The quantitative estimate of drug-likeness (QED) is 0.430. The van der Waals surface area contributed by atoms with Gasteiger partial charge in [0, 0.05) is 10.8 Å². The lowest BCUT2D eigenvalue weighted by Crippen LogP contribution is -2.38. The van der Waals surface area contributed by atoms with Crippen LogP contribution in [-0.2, 0) is 6.54 Å². The number of rotatable bonds is 4.